The molecule has 0 atom stereocenters. The average molecular weight is 321 g/mol. The van der Waals surface area contributed by atoms with Crippen molar-refractivity contribution in [2.24, 2.45) is 5.92 Å². The zero-order valence-corrected chi connectivity index (χ0v) is 11.8. The number of halogens is 3. The number of hydrogen-bond acceptors (Lipinski definition) is 4. The molecule has 0 unspecified atom stereocenters. The Morgan fingerprint density at radius 1 is 1.14 bits per heavy atom. The van der Waals surface area contributed by atoms with Crippen molar-refractivity contribution in [2.75, 3.05) is 18.0 Å². The minimum absolute atomic E-state index is 0.318. The Balaban J connectivity index is 1.74. The molecule has 1 heterocycles. The Morgan fingerprint density at radius 3 is 2.10 bits per heavy atom. The zero-order chi connectivity index (χ0) is 15.5. The third-order valence-electron chi connectivity index (χ3n) is 4.08. The summed E-state index contributed by atoms with van der Waals surface area (Å²) in [7, 11) is -5.30. The van der Waals surface area contributed by atoms with Gasteiger partial charge in [-0.05, 0) is 43.0 Å². The van der Waals surface area contributed by atoms with Gasteiger partial charge in [-0.25, -0.2) is 8.42 Å². The number of benzene rings is 1. The maximum atomic E-state index is 12.4. The lowest BCUT2D eigenvalue weighted by Gasteiger charge is -2.48. The summed E-state index contributed by atoms with van der Waals surface area (Å²) in [6.07, 6.45) is 2.01. The van der Waals surface area contributed by atoms with E-state index in [9.17, 15) is 26.7 Å². The van der Waals surface area contributed by atoms with Crippen LogP contribution in [0.5, 0.6) is 0 Å². The van der Waals surface area contributed by atoms with Gasteiger partial charge >= 0.3 is 5.51 Å². The highest BCUT2D eigenvalue weighted by Gasteiger charge is 2.52. The lowest BCUT2D eigenvalue weighted by molar-refractivity contribution is -0.0436. The Labute approximate surface area is 120 Å². The molecule has 2 aliphatic rings. The third-order valence-corrected chi connectivity index (χ3v) is 5.59. The number of alkyl halides is 3. The lowest BCUT2D eigenvalue weighted by Crippen LogP contribution is -2.63. The molecule has 1 N–H and O–H groups in total. The van der Waals surface area contributed by atoms with Crippen LogP contribution in [0.15, 0.2) is 29.2 Å². The van der Waals surface area contributed by atoms with Crippen molar-refractivity contribution in [3.05, 3.63) is 24.3 Å². The van der Waals surface area contributed by atoms with Gasteiger partial charge in [-0.15, -0.1) is 0 Å². The van der Waals surface area contributed by atoms with Gasteiger partial charge in [0.15, 0.2) is 0 Å². The first kappa shape index (κ1) is 14.6. The van der Waals surface area contributed by atoms with Gasteiger partial charge < -0.3 is 10.0 Å². The number of rotatable bonds is 3. The molecule has 1 aromatic carbocycles. The van der Waals surface area contributed by atoms with E-state index in [1.165, 1.54) is 12.1 Å². The van der Waals surface area contributed by atoms with Gasteiger partial charge in [-0.1, -0.05) is 0 Å². The van der Waals surface area contributed by atoms with Crippen LogP contribution in [0.2, 0.25) is 0 Å². The summed E-state index contributed by atoms with van der Waals surface area (Å²) in [5.41, 5.74) is -5.38. The topological polar surface area (TPSA) is 57.6 Å². The molecule has 0 bridgehead atoms. The monoisotopic (exact) mass is 321 g/mol. The van der Waals surface area contributed by atoms with E-state index in [0.717, 1.165) is 25.0 Å². The summed E-state index contributed by atoms with van der Waals surface area (Å²) in [4.78, 5) is 1.05. The highest BCUT2D eigenvalue weighted by molar-refractivity contribution is 7.92. The predicted molar refractivity (Wildman–Crippen MR) is 69.6 cm³/mol. The summed E-state index contributed by atoms with van der Waals surface area (Å²) in [6, 6.07) is 4.58. The second-order valence-corrected chi connectivity index (χ2v) is 7.62. The standard InChI is InChI=1S/C13H14F3NO3S/c14-13(15,16)21(19,20)11-5-3-10(4-6-11)17-7-12(18,8-17)9-1-2-9/h3-6,9,18H,1-2,7-8H2. The molecule has 1 saturated heterocycles. The molecule has 4 nitrogen and oxygen atoms in total. The SMILES string of the molecule is O=S(=O)(c1ccc(N2CC(O)(C3CC3)C2)cc1)C(F)(F)F. The van der Waals surface area contributed by atoms with Crippen LogP contribution in [-0.4, -0.2) is 37.7 Å². The van der Waals surface area contributed by atoms with Crippen molar-refractivity contribution in [3.8, 4) is 0 Å². The highest BCUT2D eigenvalue weighted by Crippen LogP contribution is 2.45. The van der Waals surface area contributed by atoms with Crippen molar-refractivity contribution in [3.63, 3.8) is 0 Å². The number of hydrogen-bond donors (Lipinski definition) is 1. The van der Waals surface area contributed by atoms with Crippen LogP contribution in [0.3, 0.4) is 0 Å². The van der Waals surface area contributed by atoms with Gasteiger partial charge in [0.1, 0.15) is 5.60 Å². The number of β-amino-alcohol motifs (C(OH)–C–C–N with tert-alkyl or cyclic N) is 1. The van der Waals surface area contributed by atoms with E-state index in [-0.39, 0.29) is 0 Å². The van der Waals surface area contributed by atoms with Crippen molar-refractivity contribution >= 4 is 15.5 Å². The number of aliphatic hydroxyl groups is 1. The molecule has 1 saturated carbocycles. The molecule has 0 radical (unpaired) electrons. The van der Waals surface area contributed by atoms with Crippen LogP contribution in [0.25, 0.3) is 0 Å². The second kappa shape index (κ2) is 4.36. The summed E-state index contributed by atoms with van der Waals surface area (Å²) in [5.74, 6) is 0.318. The Hall–Kier alpha value is -1.28. The normalized spacial score (nSPS) is 22.0. The van der Waals surface area contributed by atoms with E-state index in [1.54, 1.807) is 0 Å². The molecule has 1 aliphatic carbocycles. The van der Waals surface area contributed by atoms with Gasteiger partial charge in [0.2, 0.25) is 0 Å². The van der Waals surface area contributed by atoms with E-state index >= 15 is 0 Å². The minimum atomic E-state index is -5.30. The van der Waals surface area contributed by atoms with Crippen molar-refractivity contribution in [1.82, 2.24) is 0 Å². The van der Waals surface area contributed by atoms with Crippen molar-refractivity contribution in [1.29, 1.82) is 0 Å². The zero-order valence-electron chi connectivity index (χ0n) is 11.0. The Morgan fingerprint density at radius 2 is 1.67 bits per heavy atom. The van der Waals surface area contributed by atoms with Crippen LogP contribution < -0.4 is 4.90 Å². The largest absolute Gasteiger partial charge is 0.501 e. The molecule has 8 heteroatoms. The molecule has 1 aromatic rings. The van der Waals surface area contributed by atoms with Crippen LogP contribution in [-0.2, 0) is 9.84 Å². The fourth-order valence-electron chi connectivity index (χ4n) is 2.65. The molecular formula is C13H14F3NO3S. The average Bonchev–Trinajstić information content (AvgIpc) is 3.18. The highest BCUT2D eigenvalue weighted by atomic mass is 32.2. The summed E-state index contributed by atoms with van der Waals surface area (Å²) in [5, 5.41) is 10.2. The van der Waals surface area contributed by atoms with Crippen molar-refractivity contribution in [2.45, 2.75) is 28.8 Å². The summed E-state index contributed by atoms with van der Waals surface area (Å²) < 4.78 is 59.7. The third kappa shape index (κ3) is 2.40. The first-order valence-electron chi connectivity index (χ1n) is 6.52. The molecular weight excluding hydrogens is 307 g/mol. The first-order chi connectivity index (χ1) is 9.63. The fraction of sp³-hybridized carbons (Fsp3) is 0.538. The van der Waals surface area contributed by atoms with E-state index in [2.05, 4.69) is 0 Å². The smallest absolute Gasteiger partial charge is 0.386 e. The number of nitrogens with zero attached hydrogens (tertiary/aromatic N) is 1. The van der Waals surface area contributed by atoms with Gasteiger partial charge in [-0.2, -0.15) is 13.2 Å². The van der Waals surface area contributed by atoms with Gasteiger partial charge in [0.05, 0.1) is 4.90 Å². The molecule has 21 heavy (non-hydrogen) atoms. The van der Waals surface area contributed by atoms with E-state index in [0.29, 0.717) is 24.7 Å². The van der Waals surface area contributed by atoms with Crippen LogP contribution in [0, 0.1) is 5.92 Å². The number of anilines is 1. The van der Waals surface area contributed by atoms with Crippen molar-refractivity contribution < 1.29 is 26.7 Å². The molecule has 0 spiro atoms. The maximum Gasteiger partial charge on any atom is 0.501 e. The maximum absolute atomic E-state index is 12.4. The second-order valence-electron chi connectivity index (χ2n) is 5.68. The van der Waals surface area contributed by atoms with E-state index in [1.807, 2.05) is 4.90 Å². The molecule has 116 valence electrons. The van der Waals surface area contributed by atoms with Crippen LogP contribution >= 0.6 is 0 Å². The number of sulfone groups is 1. The van der Waals surface area contributed by atoms with Gasteiger partial charge in [-0.3, -0.25) is 0 Å². The lowest BCUT2D eigenvalue weighted by atomic mass is 9.88. The molecule has 3 rings (SSSR count). The van der Waals surface area contributed by atoms with Gasteiger partial charge in [0.25, 0.3) is 9.84 Å². The molecule has 0 aromatic heterocycles. The Kier molecular flexibility index (Phi) is 3.04. The first-order valence-corrected chi connectivity index (χ1v) is 8.01. The summed E-state index contributed by atoms with van der Waals surface area (Å²) in [6.45, 7) is 0.867. The predicted octanol–water partition coefficient (Wildman–Crippen LogP) is 1.94. The quantitative estimate of drug-likeness (QED) is 0.924. The molecule has 1 aliphatic heterocycles. The summed E-state index contributed by atoms with van der Waals surface area (Å²) >= 11 is 0. The molecule has 2 fully saturated rings. The Bertz CT molecular complexity index is 644. The van der Waals surface area contributed by atoms with Crippen LogP contribution in [0.4, 0.5) is 18.9 Å². The fourth-order valence-corrected chi connectivity index (χ4v) is 3.41. The van der Waals surface area contributed by atoms with E-state index < -0.39 is 25.8 Å². The minimum Gasteiger partial charge on any atom is -0.386 e. The van der Waals surface area contributed by atoms with E-state index in [4.69, 9.17) is 0 Å². The van der Waals surface area contributed by atoms with Crippen LogP contribution in [0.1, 0.15) is 12.8 Å². The molecule has 0 amide bonds. The van der Waals surface area contributed by atoms with Gasteiger partial charge in [0, 0.05) is 18.8 Å².